The summed E-state index contributed by atoms with van der Waals surface area (Å²) in [7, 11) is -2.66. The minimum absolute atomic E-state index is 0.0205. The van der Waals surface area contributed by atoms with Crippen LogP contribution in [0.15, 0.2) is 81.1 Å². The van der Waals surface area contributed by atoms with Crippen LogP contribution >= 0.6 is 7.14 Å². The predicted octanol–water partition coefficient (Wildman–Crippen LogP) is 8.10. The van der Waals surface area contributed by atoms with Crippen LogP contribution in [0.1, 0.15) is 110 Å². The summed E-state index contributed by atoms with van der Waals surface area (Å²) < 4.78 is 46.7. The Morgan fingerprint density at radius 3 is 2.33 bits per heavy atom. The normalized spacial score (nSPS) is 19.9. The van der Waals surface area contributed by atoms with Gasteiger partial charge < -0.3 is 24.1 Å². The molecule has 2 N–H and O–H groups in total. The van der Waals surface area contributed by atoms with Crippen molar-refractivity contribution in [3.63, 3.8) is 0 Å². The molecule has 1 saturated carbocycles. The third-order valence-corrected chi connectivity index (χ3v) is 18.0. The fourth-order valence-corrected chi connectivity index (χ4v) is 12.9. The molecule has 0 bridgehead atoms. The Hall–Kier alpha value is -6.25. The molecule has 3 aromatic carbocycles. The maximum atomic E-state index is 15.6. The van der Waals surface area contributed by atoms with Crippen molar-refractivity contribution in [2.24, 2.45) is 5.92 Å². The van der Waals surface area contributed by atoms with Gasteiger partial charge in [-0.05, 0) is 124 Å². The second-order valence-electron chi connectivity index (χ2n) is 18.5. The van der Waals surface area contributed by atoms with Crippen LogP contribution in [-0.4, -0.2) is 83.1 Å². The molecule has 67 heavy (non-hydrogen) atoms. The number of benzene rings is 3. The second-order valence-corrected chi connectivity index (χ2v) is 22.1. The van der Waals surface area contributed by atoms with Crippen molar-refractivity contribution in [3.05, 3.63) is 133 Å². The van der Waals surface area contributed by atoms with Crippen molar-refractivity contribution in [1.82, 2.24) is 38.5 Å². The average molecular weight is 930 g/mol. The number of amides is 1. The van der Waals surface area contributed by atoms with Crippen LogP contribution in [0.3, 0.4) is 0 Å². The number of ether oxygens (including phenoxy) is 1. The van der Waals surface area contributed by atoms with Crippen molar-refractivity contribution in [3.8, 4) is 17.2 Å². The third kappa shape index (κ3) is 7.17. The van der Waals surface area contributed by atoms with Gasteiger partial charge in [0.1, 0.15) is 30.0 Å². The van der Waals surface area contributed by atoms with E-state index in [1.54, 1.807) is 52.2 Å². The summed E-state index contributed by atoms with van der Waals surface area (Å²) in [4.78, 5) is 47.6. The number of halogens is 1. The maximum absolute atomic E-state index is 15.6. The minimum Gasteiger partial charge on any atom is -0.385 e. The number of nitrogens with zero attached hydrogens (tertiary/aromatic N) is 7. The van der Waals surface area contributed by atoms with Gasteiger partial charge in [0.05, 0.1) is 23.1 Å². The zero-order chi connectivity index (χ0) is 47.1. The van der Waals surface area contributed by atoms with Gasteiger partial charge >= 0.3 is 11.4 Å². The van der Waals surface area contributed by atoms with Gasteiger partial charge in [0, 0.05) is 84.9 Å². The number of carbonyl (C=O) groups excluding carboxylic acids is 1. The number of hydrogen-bond donors (Lipinski definition) is 2. The van der Waals surface area contributed by atoms with Crippen molar-refractivity contribution < 1.29 is 23.0 Å². The Bertz CT molecular complexity index is 3230. The molecule has 7 aromatic rings. The van der Waals surface area contributed by atoms with Crippen LogP contribution < -0.4 is 22.1 Å². The zero-order valence-electron chi connectivity index (χ0n) is 39.1. The lowest BCUT2D eigenvalue weighted by Crippen LogP contribution is -2.41. The van der Waals surface area contributed by atoms with E-state index in [0.717, 1.165) is 34.7 Å². The molecule has 1 aliphatic carbocycles. The van der Waals surface area contributed by atoms with Crippen molar-refractivity contribution in [2.75, 3.05) is 43.9 Å². The van der Waals surface area contributed by atoms with Gasteiger partial charge in [-0.25, -0.2) is 18.7 Å². The lowest BCUT2D eigenvalue weighted by atomic mass is 9.91. The van der Waals surface area contributed by atoms with Gasteiger partial charge in [0.2, 0.25) is 0 Å². The minimum atomic E-state index is -2.66. The number of fused-ring (bicyclic) bond motifs is 2. The van der Waals surface area contributed by atoms with Gasteiger partial charge in [-0.2, -0.15) is 5.10 Å². The maximum Gasteiger partial charge on any atom is 0.438 e. The Balaban J connectivity index is 1.11. The van der Waals surface area contributed by atoms with E-state index in [0.29, 0.717) is 108 Å². The SMILES string of the molecule is CCNc1cc(-n2ccn(-c3c4c(nn3-c3cc(C)c(F)c(C)c3)CCN(C(=O)c3cc5cc(C6CCOCC6)ccc5n3C3(c5noc(=O)[nH]5)CC3C)C4C)c2=O)ccc1P(=O)(CC)CC. The van der Waals surface area contributed by atoms with E-state index in [9.17, 15) is 14.2 Å². The summed E-state index contributed by atoms with van der Waals surface area (Å²) in [6, 6.07) is 16.8. The summed E-state index contributed by atoms with van der Waals surface area (Å²) in [5.74, 6) is -0.0477. The van der Waals surface area contributed by atoms with Gasteiger partial charge in [-0.15, -0.1) is 0 Å². The van der Waals surface area contributed by atoms with Crippen molar-refractivity contribution in [1.29, 1.82) is 0 Å². The highest BCUT2D eigenvalue weighted by Crippen LogP contribution is 2.56. The van der Waals surface area contributed by atoms with E-state index in [1.165, 1.54) is 5.56 Å². The Morgan fingerprint density at radius 1 is 0.955 bits per heavy atom. The highest BCUT2D eigenvalue weighted by Gasteiger charge is 2.59. The molecule has 0 spiro atoms. The molecule has 17 heteroatoms. The fraction of sp³-hybridized carbons (Fsp3) is 0.420. The smallest absolute Gasteiger partial charge is 0.385 e. The first-order valence-electron chi connectivity index (χ1n) is 23.5. The first-order valence-corrected chi connectivity index (χ1v) is 25.6. The van der Waals surface area contributed by atoms with Gasteiger partial charge in [0.25, 0.3) is 5.91 Å². The first kappa shape index (κ1) is 44.6. The van der Waals surface area contributed by atoms with E-state index in [-0.39, 0.29) is 23.3 Å². The summed E-state index contributed by atoms with van der Waals surface area (Å²) in [5.41, 5.74) is 5.42. The quantitative estimate of drug-likeness (QED) is 0.115. The van der Waals surface area contributed by atoms with E-state index in [1.807, 2.05) is 61.4 Å². The van der Waals surface area contributed by atoms with E-state index in [4.69, 9.17) is 14.4 Å². The van der Waals surface area contributed by atoms with Crippen LogP contribution in [0.25, 0.3) is 28.1 Å². The van der Waals surface area contributed by atoms with Crippen LogP contribution in [0.4, 0.5) is 10.1 Å². The molecule has 1 amide bonds. The zero-order valence-corrected chi connectivity index (χ0v) is 40.0. The number of nitrogens with one attached hydrogen (secondary N) is 2. The molecular weight excluding hydrogens is 873 g/mol. The monoisotopic (exact) mass is 929 g/mol. The van der Waals surface area contributed by atoms with Gasteiger partial charge in [0.15, 0.2) is 5.82 Å². The molecular formula is C50H57FN9O6P. The number of carbonyl (C=O) groups is 1. The summed E-state index contributed by atoms with van der Waals surface area (Å²) in [6.07, 6.45) is 7.28. The lowest BCUT2D eigenvalue weighted by Gasteiger charge is -2.34. The number of hydrogen-bond acceptors (Lipinski definition) is 9. The number of imidazole rings is 1. The molecule has 4 aromatic heterocycles. The van der Waals surface area contributed by atoms with Crippen LogP contribution in [0.2, 0.25) is 0 Å². The summed E-state index contributed by atoms with van der Waals surface area (Å²) >= 11 is 0. The molecule has 3 aliphatic rings. The number of rotatable bonds is 12. The van der Waals surface area contributed by atoms with E-state index in [2.05, 4.69) is 40.6 Å². The van der Waals surface area contributed by atoms with Gasteiger partial charge in [-0.3, -0.25) is 23.4 Å². The predicted molar refractivity (Wildman–Crippen MR) is 256 cm³/mol. The molecule has 350 valence electrons. The molecule has 2 aliphatic heterocycles. The number of aromatic nitrogens is 7. The second kappa shape index (κ2) is 16.8. The third-order valence-electron chi connectivity index (χ3n) is 14.7. The molecule has 1 saturated heterocycles. The average Bonchev–Trinajstić information content (AvgIpc) is 3.83. The number of H-pyrrole nitrogens is 1. The molecule has 3 atom stereocenters. The number of aryl methyl sites for hydroxylation is 2. The molecule has 0 radical (unpaired) electrons. The van der Waals surface area contributed by atoms with Crippen LogP contribution in [0, 0.1) is 25.6 Å². The standard InChI is InChI=1S/C50H57FN9O6P/c1-8-52-39-27-36(12-14-42(39)67(64,9-2)10-3)57-19-20-58(49(57)63)45-43-32(7)56(18-15-38(43)54-60(45)37-23-29(4)44(51)30(5)24-37)46(61)41-26-35-25-34(33-16-21-65-22-17-33)11-13-40(35)59(41)50(28-31(50)6)47-53-48(62)66-55-47/h11-14,19-20,23-27,31-33,52H,8-10,15-18,21-22,28H2,1-7H3,(H,53,55,62). The number of aromatic amines is 1. The Morgan fingerprint density at radius 2 is 1.67 bits per heavy atom. The topological polar surface area (TPSA) is 167 Å². The van der Waals surface area contributed by atoms with Crippen LogP contribution in [0.5, 0.6) is 0 Å². The Kier molecular flexibility index (Phi) is 11.2. The highest BCUT2D eigenvalue weighted by atomic mass is 31.2. The molecule has 10 rings (SSSR count). The summed E-state index contributed by atoms with van der Waals surface area (Å²) in [5, 5.41) is 14.4. The first-order chi connectivity index (χ1) is 32.2. The van der Waals surface area contributed by atoms with Gasteiger partial charge in [-0.1, -0.05) is 32.0 Å². The largest absolute Gasteiger partial charge is 0.438 e. The molecule has 2 fully saturated rings. The van der Waals surface area contributed by atoms with Crippen molar-refractivity contribution >= 4 is 34.9 Å². The van der Waals surface area contributed by atoms with E-state index >= 15 is 9.18 Å². The molecule has 15 nitrogen and oxygen atoms in total. The fourth-order valence-electron chi connectivity index (χ4n) is 10.9. The van der Waals surface area contributed by atoms with Crippen molar-refractivity contribution in [2.45, 2.75) is 91.6 Å². The number of anilines is 1. The molecule has 6 heterocycles. The Labute approximate surface area is 387 Å². The van der Waals surface area contributed by atoms with E-state index < -0.39 is 24.5 Å². The van der Waals surface area contributed by atoms with Crippen LogP contribution in [-0.2, 0) is 21.3 Å². The summed E-state index contributed by atoms with van der Waals surface area (Å²) in [6.45, 7) is 15.6. The lowest BCUT2D eigenvalue weighted by molar-refractivity contribution is 0.0663. The molecule has 3 unspecified atom stereocenters. The highest BCUT2D eigenvalue weighted by molar-refractivity contribution is 7.71.